The first kappa shape index (κ1) is 11.9. The molecule has 0 aliphatic carbocycles. The standard InChI is InChI=1S/C11H10BrNO4/c1-17-11(16)8-3-6-7(13-8)2-5(4-14)9(12)10(6)15/h2-3,13-15H,4H2,1H3. The largest absolute Gasteiger partial charge is 0.506 e. The monoisotopic (exact) mass is 299 g/mol. The molecular formula is C11H10BrNO4. The molecule has 3 N–H and O–H groups in total. The molecule has 2 aromatic rings. The first-order valence-electron chi connectivity index (χ1n) is 4.80. The smallest absolute Gasteiger partial charge is 0.354 e. The van der Waals surface area contributed by atoms with Gasteiger partial charge in [0.05, 0.1) is 23.7 Å². The Morgan fingerprint density at radius 1 is 1.53 bits per heavy atom. The third-order valence-corrected chi connectivity index (χ3v) is 3.37. The van der Waals surface area contributed by atoms with Gasteiger partial charge in [-0.1, -0.05) is 0 Å². The number of phenolic OH excluding ortho intramolecular Hbond substituents is 1. The van der Waals surface area contributed by atoms with Crippen LogP contribution in [0.15, 0.2) is 16.6 Å². The molecule has 0 aliphatic rings. The Hall–Kier alpha value is -1.53. The molecule has 90 valence electrons. The number of halogens is 1. The predicted octanol–water partition coefficient (Wildman–Crippen LogP) is 1.91. The zero-order valence-electron chi connectivity index (χ0n) is 8.95. The number of benzene rings is 1. The minimum atomic E-state index is -0.512. The fourth-order valence-electron chi connectivity index (χ4n) is 1.62. The lowest BCUT2D eigenvalue weighted by atomic mass is 10.1. The molecule has 0 unspecified atom stereocenters. The molecule has 1 heterocycles. The number of hydrogen-bond donors (Lipinski definition) is 3. The van der Waals surface area contributed by atoms with Crippen molar-refractivity contribution in [2.75, 3.05) is 7.11 Å². The first-order valence-corrected chi connectivity index (χ1v) is 5.60. The van der Waals surface area contributed by atoms with Gasteiger partial charge in [-0.2, -0.15) is 0 Å². The summed E-state index contributed by atoms with van der Waals surface area (Å²) in [5, 5.41) is 19.5. The number of aliphatic hydroxyl groups excluding tert-OH is 1. The zero-order valence-corrected chi connectivity index (χ0v) is 10.5. The van der Waals surface area contributed by atoms with Crippen molar-refractivity contribution in [3.63, 3.8) is 0 Å². The second kappa shape index (κ2) is 4.38. The topological polar surface area (TPSA) is 82.6 Å². The molecule has 5 nitrogen and oxygen atoms in total. The summed E-state index contributed by atoms with van der Waals surface area (Å²) < 4.78 is 5.00. The summed E-state index contributed by atoms with van der Waals surface area (Å²) in [5.41, 5.74) is 1.35. The summed E-state index contributed by atoms with van der Waals surface area (Å²) >= 11 is 3.18. The van der Waals surface area contributed by atoms with Crippen molar-refractivity contribution in [3.05, 3.63) is 27.9 Å². The quantitative estimate of drug-likeness (QED) is 0.740. The molecule has 0 amide bonds. The van der Waals surface area contributed by atoms with Crippen LogP contribution < -0.4 is 0 Å². The van der Waals surface area contributed by atoms with E-state index < -0.39 is 5.97 Å². The van der Waals surface area contributed by atoms with E-state index in [1.807, 2.05) is 0 Å². The van der Waals surface area contributed by atoms with Gasteiger partial charge in [0.15, 0.2) is 0 Å². The summed E-state index contributed by atoms with van der Waals surface area (Å²) in [7, 11) is 1.28. The highest BCUT2D eigenvalue weighted by molar-refractivity contribution is 9.10. The van der Waals surface area contributed by atoms with Crippen LogP contribution in [0.25, 0.3) is 10.9 Å². The third kappa shape index (κ3) is 1.89. The Balaban J connectivity index is 2.69. The SMILES string of the molecule is COC(=O)c1cc2c(O)c(Br)c(CO)cc2[nH]1. The molecule has 0 saturated carbocycles. The number of fused-ring (bicyclic) bond motifs is 1. The van der Waals surface area contributed by atoms with E-state index in [9.17, 15) is 9.90 Å². The maximum Gasteiger partial charge on any atom is 0.354 e. The second-order valence-corrected chi connectivity index (χ2v) is 4.29. The van der Waals surface area contributed by atoms with Crippen LogP contribution in [0.3, 0.4) is 0 Å². The summed E-state index contributed by atoms with van der Waals surface area (Å²) in [6.45, 7) is -0.212. The number of rotatable bonds is 2. The minimum absolute atomic E-state index is 0.0158. The molecule has 6 heteroatoms. The number of carbonyl (C=O) groups is 1. The number of aromatic nitrogens is 1. The van der Waals surface area contributed by atoms with E-state index in [-0.39, 0.29) is 18.1 Å². The van der Waals surface area contributed by atoms with Crippen molar-refractivity contribution in [2.45, 2.75) is 6.61 Å². The highest BCUT2D eigenvalue weighted by Gasteiger charge is 2.15. The van der Waals surface area contributed by atoms with Gasteiger partial charge in [-0.05, 0) is 33.6 Å². The predicted molar refractivity (Wildman–Crippen MR) is 64.9 cm³/mol. The number of esters is 1. The molecule has 1 aromatic heterocycles. The zero-order chi connectivity index (χ0) is 12.6. The van der Waals surface area contributed by atoms with Crippen LogP contribution in [-0.2, 0) is 11.3 Å². The van der Waals surface area contributed by atoms with Crippen LogP contribution in [0.2, 0.25) is 0 Å². The Morgan fingerprint density at radius 3 is 2.82 bits per heavy atom. The van der Waals surface area contributed by atoms with Gasteiger partial charge in [0.1, 0.15) is 11.4 Å². The van der Waals surface area contributed by atoms with E-state index in [2.05, 4.69) is 25.7 Å². The summed E-state index contributed by atoms with van der Waals surface area (Å²) in [4.78, 5) is 14.2. The van der Waals surface area contributed by atoms with Crippen molar-refractivity contribution < 1.29 is 19.7 Å². The van der Waals surface area contributed by atoms with E-state index in [4.69, 9.17) is 5.11 Å². The van der Waals surface area contributed by atoms with Gasteiger partial charge in [0.25, 0.3) is 0 Å². The highest BCUT2D eigenvalue weighted by atomic mass is 79.9. The Morgan fingerprint density at radius 2 is 2.24 bits per heavy atom. The van der Waals surface area contributed by atoms with E-state index in [0.717, 1.165) is 0 Å². The number of aromatic amines is 1. The lowest BCUT2D eigenvalue weighted by molar-refractivity contribution is 0.0595. The number of aromatic hydroxyl groups is 1. The molecule has 0 aliphatic heterocycles. The van der Waals surface area contributed by atoms with Crippen LogP contribution in [0, 0.1) is 0 Å². The Kier molecular flexibility index (Phi) is 3.08. The third-order valence-electron chi connectivity index (χ3n) is 2.49. The number of phenols is 1. The van der Waals surface area contributed by atoms with Crippen LogP contribution in [0.1, 0.15) is 16.1 Å². The first-order chi connectivity index (χ1) is 8.08. The number of ether oxygens (including phenoxy) is 1. The number of carbonyl (C=O) groups excluding carboxylic acids is 1. The fourth-order valence-corrected chi connectivity index (χ4v) is 2.08. The van der Waals surface area contributed by atoms with Gasteiger partial charge in [0.2, 0.25) is 0 Å². The van der Waals surface area contributed by atoms with Gasteiger partial charge >= 0.3 is 5.97 Å². The van der Waals surface area contributed by atoms with Gasteiger partial charge < -0.3 is 19.9 Å². The Labute approximate surface area is 105 Å². The summed E-state index contributed by atoms with van der Waals surface area (Å²) in [6, 6.07) is 3.16. The molecule has 0 bridgehead atoms. The lowest BCUT2D eigenvalue weighted by Gasteiger charge is -2.04. The van der Waals surface area contributed by atoms with E-state index in [1.165, 1.54) is 13.2 Å². The number of hydrogen-bond acceptors (Lipinski definition) is 4. The molecule has 2 rings (SSSR count). The van der Waals surface area contributed by atoms with Gasteiger partial charge in [0, 0.05) is 5.39 Å². The van der Waals surface area contributed by atoms with Crippen LogP contribution >= 0.6 is 15.9 Å². The molecule has 0 spiro atoms. The average molecular weight is 300 g/mol. The molecular weight excluding hydrogens is 290 g/mol. The van der Waals surface area contributed by atoms with E-state index in [0.29, 0.717) is 20.9 Å². The molecule has 0 saturated heterocycles. The van der Waals surface area contributed by atoms with Crippen molar-refractivity contribution in [1.82, 2.24) is 4.98 Å². The molecule has 0 radical (unpaired) electrons. The highest BCUT2D eigenvalue weighted by Crippen LogP contribution is 2.36. The van der Waals surface area contributed by atoms with Crippen LogP contribution in [-0.4, -0.2) is 28.3 Å². The van der Waals surface area contributed by atoms with Crippen molar-refractivity contribution in [2.24, 2.45) is 0 Å². The summed E-state index contributed by atoms with van der Waals surface area (Å²) in [6.07, 6.45) is 0. The number of methoxy groups -OCH3 is 1. The normalized spacial score (nSPS) is 10.8. The molecule has 1 aromatic carbocycles. The molecule has 0 fully saturated rings. The van der Waals surface area contributed by atoms with Crippen LogP contribution in [0.5, 0.6) is 5.75 Å². The maximum atomic E-state index is 11.3. The van der Waals surface area contributed by atoms with Gasteiger partial charge in [-0.15, -0.1) is 0 Å². The van der Waals surface area contributed by atoms with Crippen molar-refractivity contribution in [1.29, 1.82) is 0 Å². The van der Waals surface area contributed by atoms with E-state index >= 15 is 0 Å². The minimum Gasteiger partial charge on any atom is -0.506 e. The fraction of sp³-hybridized carbons (Fsp3) is 0.182. The van der Waals surface area contributed by atoms with E-state index in [1.54, 1.807) is 6.07 Å². The number of H-pyrrole nitrogens is 1. The Bertz CT molecular complexity index is 591. The molecule has 0 atom stereocenters. The van der Waals surface area contributed by atoms with Crippen molar-refractivity contribution in [3.8, 4) is 5.75 Å². The second-order valence-electron chi connectivity index (χ2n) is 3.49. The maximum absolute atomic E-state index is 11.3. The number of nitrogens with one attached hydrogen (secondary N) is 1. The summed E-state index contributed by atoms with van der Waals surface area (Å²) in [5.74, 6) is -0.528. The van der Waals surface area contributed by atoms with Gasteiger partial charge in [-0.25, -0.2) is 4.79 Å². The molecule has 17 heavy (non-hydrogen) atoms. The average Bonchev–Trinajstić information content (AvgIpc) is 2.76. The number of aliphatic hydroxyl groups is 1. The van der Waals surface area contributed by atoms with Gasteiger partial charge in [-0.3, -0.25) is 0 Å². The van der Waals surface area contributed by atoms with Crippen molar-refractivity contribution >= 4 is 32.8 Å². The van der Waals surface area contributed by atoms with Crippen LogP contribution in [0.4, 0.5) is 0 Å². The lowest BCUT2D eigenvalue weighted by Crippen LogP contribution is -2.00.